The lowest BCUT2D eigenvalue weighted by atomic mass is 10.1. The van der Waals surface area contributed by atoms with Crippen molar-refractivity contribution < 1.29 is 19.4 Å². The summed E-state index contributed by atoms with van der Waals surface area (Å²) >= 11 is 11.7. The van der Waals surface area contributed by atoms with Crippen LogP contribution in [0.2, 0.25) is 10.0 Å². The third-order valence-corrected chi connectivity index (χ3v) is 3.38. The summed E-state index contributed by atoms with van der Waals surface area (Å²) in [6.45, 7) is -0.321. The van der Waals surface area contributed by atoms with Gasteiger partial charge in [0.05, 0.1) is 16.8 Å². The Hall–Kier alpha value is -2.57. The Morgan fingerprint density at radius 3 is 2.71 bits per heavy atom. The van der Waals surface area contributed by atoms with Gasteiger partial charge in [0.1, 0.15) is 5.75 Å². The first-order valence-corrected chi connectivity index (χ1v) is 7.45. The van der Waals surface area contributed by atoms with Crippen LogP contribution >= 0.6 is 23.2 Å². The van der Waals surface area contributed by atoms with Gasteiger partial charge >= 0.3 is 5.97 Å². The molecule has 0 fully saturated rings. The number of carboxylic acids is 1. The molecule has 0 bridgehead atoms. The molecule has 24 heavy (non-hydrogen) atoms. The van der Waals surface area contributed by atoms with Crippen LogP contribution in [-0.4, -0.2) is 29.8 Å². The van der Waals surface area contributed by atoms with Gasteiger partial charge in [-0.25, -0.2) is 10.2 Å². The SMILES string of the molecule is O=C(COc1cc(Cl)ccc1Cl)N/N=C/c1ccccc1C(=O)O. The molecular formula is C16H12Cl2N2O4. The number of amides is 1. The third-order valence-electron chi connectivity index (χ3n) is 2.84. The van der Waals surface area contributed by atoms with Gasteiger partial charge < -0.3 is 9.84 Å². The van der Waals surface area contributed by atoms with Crippen LogP contribution in [0, 0.1) is 0 Å². The number of carbonyl (C=O) groups is 2. The van der Waals surface area contributed by atoms with Crippen molar-refractivity contribution in [3.05, 3.63) is 63.6 Å². The van der Waals surface area contributed by atoms with Gasteiger partial charge in [0.25, 0.3) is 5.91 Å². The minimum Gasteiger partial charge on any atom is -0.482 e. The zero-order chi connectivity index (χ0) is 17.5. The molecule has 0 radical (unpaired) electrons. The smallest absolute Gasteiger partial charge is 0.336 e. The van der Waals surface area contributed by atoms with E-state index in [2.05, 4.69) is 10.5 Å². The van der Waals surface area contributed by atoms with Gasteiger partial charge in [0.15, 0.2) is 6.61 Å². The molecule has 0 saturated carbocycles. The monoisotopic (exact) mass is 366 g/mol. The van der Waals surface area contributed by atoms with Gasteiger partial charge in [-0.05, 0) is 18.2 Å². The minimum absolute atomic E-state index is 0.0810. The number of carboxylic acid groups (broad SMARTS) is 1. The Balaban J connectivity index is 1.92. The zero-order valence-corrected chi connectivity index (χ0v) is 13.7. The molecule has 8 heteroatoms. The average molecular weight is 367 g/mol. The van der Waals surface area contributed by atoms with Gasteiger partial charge in [0.2, 0.25) is 0 Å². The van der Waals surface area contributed by atoms with Crippen LogP contribution in [0.15, 0.2) is 47.6 Å². The Kier molecular flexibility index (Phi) is 6.17. The number of rotatable bonds is 6. The second kappa shape index (κ2) is 8.33. The van der Waals surface area contributed by atoms with E-state index in [0.717, 1.165) is 0 Å². The van der Waals surface area contributed by atoms with Crippen molar-refractivity contribution >= 4 is 41.3 Å². The number of benzene rings is 2. The number of hydrogen-bond acceptors (Lipinski definition) is 4. The Morgan fingerprint density at radius 1 is 1.21 bits per heavy atom. The maximum atomic E-state index is 11.7. The normalized spacial score (nSPS) is 10.6. The molecule has 1 amide bonds. The van der Waals surface area contributed by atoms with Gasteiger partial charge in [-0.15, -0.1) is 0 Å². The first kappa shape index (κ1) is 17.8. The summed E-state index contributed by atoms with van der Waals surface area (Å²) in [6.07, 6.45) is 1.24. The molecule has 2 aromatic rings. The van der Waals surface area contributed by atoms with Crippen molar-refractivity contribution in [3.8, 4) is 5.75 Å². The number of halogens is 2. The highest BCUT2D eigenvalue weighted by Crippen LogP contribution is 2.27. The van der Waals surface area contributed by atoms with E-state index in [0.29, 0.717) is 15.6 Å². The van der Waals surface area contributed by atoms with Gasteiger partial charge in [-0.3, -0.25) is 4.79 Å². The van der Waals surface area contributed by atoms with E-state index in [1.54, 1.807) is 30.3 Å². The molecule has 0 aromatic heterocycles. The van der Waals surface area contributed by atoms with E-state index in [4.69, 9.17) is 33.0 Å². The fourth-order valence-corrected chi connectivity index (χ4v) is 2.08. The topological polar surface area (TPSA) is 88.0 Å². The number of hydrogen-bond donors (Lipinski definition) is 2. The first-order valence-electron chi connectivity index (χ1n) is 6.69. The zero-order valence-electron chi connectivity index (χ0n) is 12.2. The van der Waals surface area contributed by atoms with Crippen LogP contribution in [0.1, 0.15) is 15.9 Å². The van der Waals surface area contributed by atoms with Gasteiger partial charge in [-0.1, -0.05) is 41.4 Å². The number of nitrogens with zero attached hydrogens (tertiary/aromatic N) is 1. The molecule has 6 nitrogen and oxygen atoms in total. The summed E-state index contributed by atoms with van der Waals surface area (Å²) in [5.74, 6) is -1.34. The highest BCUT2D eigenvalue weighted by molar-refractivity contribution is 6.34. The summed E-state index contributed by atoms with van der Waals surface area (Å²) in [4.78, 5) is 22.7. The molecule has 0 heterocycles. The maximum Gasteiger partial charge on any atom is 0.336 e. The van der Waals surface area contributed by atoms with Crippen molar-refractivity contribution in [2.45, 2.75) is 0 Å². The highest BCUT2D eigenvalue weighted by atomic mass is 35.5. The van der Waals surface area contributed by atoms with Crippen molar-refractivity contribution in [1.82, 2.24) is 5.43 Å². The number of hydrazone groups is 1. The summed E-state index contributed by atoms with van der Waals surface area (Å²) in [5.41, 5.74) is 2.68. The average Bonchev–Trinajstić information content (AvgIpc) is 2.56. The van der Waals surface area contributed by atoms with Crippen LogP contribution < -0.4 is 10.2 Å². The Bertz CT molecular complexity index is 793. The molecule has 0 aliphatic carbocycles. The maximum absolute atomic E-state index is 11.7. The summed E-state index contributed by atoms with van der Waals surface area (Å²) < 4.78 is 5.25. The second-order valence-electron chi connectivity index (χ2n) is 4.55. The number of carbonyl (C=O) groups excluding carboxylic acids is 1. The molecular weight excluding hydrogens is 355 g/mol. The molecule has 2 aromatic carbocycles. The van der Waals surface area contributed by atoms with Crippen LogP contribution in [0.5, 0.6) is 5.75 Å². The lowest BCUT2D eigenvalue weighted by molar-refractivity contribution is -0.123. The lowest BCUT2D eigenvalue weighted by Crippen LogP contribution is -2.24. The second-order valence-corrected chi connectivity index (χ2v) is 5.39. The van der Waals surface area contributed by atoms with Crippen molar-refractivity contribution in [1.29, 1.82) is 0 Å². The van der Waals surface area contributed by atoms with Crippen molar-refractivity contribution in [2.75, 3.05) is 6.61 Å². The third kappa shape index (κ3) is 4.97. The molecule has 2 rings (SSSR count). The van der Waals surface area contributed by atoms with Crippen molar-refractivity contribution in [3.63, 3.8) is 0 Å². The van der Waals surface area contributed by atoms with Crippen LogP contribution in [-0.2, 0) is 4.79 Å². The summed E-state index contributed by atoms with van der Waals surface area (Å²) in [6, 6.07) is 10.9. The number of ether oxygens (including phenoxy) is 1. The fourth-order valence-electron chi connectivity index (χ4n) is 1.74. The van der Waals surface area contributed by atoms with E-state index in [1.807, 2.05) is 0 Å². The molecule has 0 unspecified atom stereocenters. The van der Waals surface area contributed by atoms with E-state index >= 15 is 0 Å². The molecule has 0 aliphatic rings. The fraction of sp³-hybridized carbons (Fsp3) is 0.0625. The molecule has 0 atom stereocenters. The molecule has 124 valence electrons. The van der Waals surface area contributed by atoms with Crippen molar-refractivity contribution in [2.24, 2.45) is 5.10 Å². The molecule has 0 spiro atoms. The Morgan fingerprint density at radius 2 is 1.96 bits per heavy atom. The summed E-state index contributed by atoms with van der Waals surface area (Å²) in [5, 5.41) is 13.5. The highest BCUT2D eigenvalue weighted by Gasteiger charge is 2.08. The predicted molar refractivity (Wildman–Crippen MR) is 91.1 cm³/mol. The van der Waals surface area contributed by atoms with E-state index in [-0.39, 0.29) is 17.9 Å². The van der Waals surface area contributed by atoms with Gasteiger partial charge in [0, 0.05) is 16.7 Å². The van der Waals surface area contributed by atoms with E-state index in [9.17, 15) is 9.59 Å². The lowest BCUT2D eigenvalue weighted by Gasteiger charge is -2.07. The number of aromatic carboxylic acids is 1. The minimum atomic E-state index is -1.08. The number of nitrogens with one attached hydrogen (secondary N) is 1. The van der Waals surface area contributed by atoms with Crippen LogP contribution in [0.25, 0.3) is 0 Å². The Labute approximate surface area is 147 Å². The first-order chi connectivity index (χ1) is 11.5. The van der Waals surface area contributed by atoms with Gasteiger partial charge in [-0.2, -0.15) is 5.10 Å². The standard InChI is InChI=1S/C16H12Cl2N2O4/c17-11-5-6-13(18)14(7-11)24-9-15(21)20-19-8-10-3-1-2-4-12(10)16(22)23/h1-8H,9H2,(H,20,21)(H,22,23)/b19-8+. The van der Waals surface area contributed by atoms with E-state index in [1.165, 1.54) is 18.3 Å². The molecule has 0 aliphatic heterocycles. The summed E-state index contributed by atoms with van der Waals surface area (Å²) in [7, 11) is 0. The van der Waals surface area contributed by atoms with E-state index < -0.39 is 11.9 Å². The molecule has 2 N–H and O–H groups in total. The predicted octanol–water partition coefficient (Wildman–Crippen LogP) is 3.22. The molecule has 0 saturated heterocycles. The largest absolute Gasteiger partial charge is 0.482 e. The van der Waals surface area contributed by atoms with Crippen LogP contribution in [0.3, 0.4) is 0 Å². The van der Waals surface area contributed by atoms with Crippen LogP contribution in [0.4, 0.5) is 0 Å². The quantitative estimate of drug-likeness (QED) is 0.606.